The summed E-state index contributed by atoms with van der Waals surface area (Å²) in [4.78, 5) is 13.2. The number of hydrogen-bond donors (Lipinski definition) is 1. The summed E-state index contributed by atoms with van der Waals surface area (Å²) in [5.74, 6) is -2.41. The summed E-state index contributed by atoms with van der Waals surface area (Å²) in [6, 6.07) is 2.40. The standard InChI is InChI=1S/C14H17F2NO2/c1-9-4-6-17(7-5-9)13(14(18)19)10-2-3-11(15)12(16)8-10/h2-3,8-9,13H,4-7H2,1H3,(H,18,19). The third-order valence-corrected chi connectivity index (χ3v) is 3.68. The van der Waals surface area contributed by atoms with Crippen molar-refractivity contribution in [3.05, 3.63) is 35.4 Å². The largest absolute Gasteiger partial charge is 0.480 e. The molecule has 1 N–H and O–H groups in total. The lowest BCUT2D eigenvalue weighted by atomic mass is 9.96. The molecular weight excluding hydrogens is 252 g/mol. The van der Waals surface area contributed by atoms with Crippen molar-refractivity contribution in [2.75, 3.05) is 13.1 Å². The molecule has 1 aromatic carbocycles. The number of rotatable bonds is 3. The molecule has 0 amide bonds. The molecule has 0 spiro atoms. The number of carboxylic acid groups (broad SMARTS) is 1. The van der Waals surface area contributed by atoms with Crippen molar-refractivity contribution in [1.29, 1.82) is 0 Å². The topological polar surface area (TPSA) is 40.5 Å². The van der Waals surface area contributed by atoms with E-state index < -0.39 is 23.6 Å². The lowest BCUT2D eigenvalue weighted by molar-refractivity contribution is -0.144. The lowest BCUT2D eigenvalue weighted by Crippen LogP contribution is -2.39. The number of carboxylic acids is 1. The van der Waals surface area contributed by atoms with Gasteiger partial charge >= 0.3 is 5.97 Å². The molecule has 1 aromatic rings. The fraction of sp³-hybridized carbons (Fsp3) is 0.500. The van der Waals surface area contributed by atoms with E-state index in [1.165, 1.54) is 6.07 Å². The molecule has 104 valence electrons. The molecule has 1 heterocycles. The van der Waals surface area contributed by atoms with Crippen LogP contribution in [0.5, 0.6) is 0 Å². The zero-order chi connectivity index (χ0) is 14.0. The van der Waals surface area contributed by atoms with Gasteiger partial charge < -0.3 is 5.11 Å². The molecule has 19 heavy (non-hydrogen) atoms. The van der Waals surface area contributed by atoms with E-state index in [1.807, 2.05) is 4.90 Å². The Balaban J connectivity index is 2.24. The first-order valence-electron chi connectivity index (χ1n) is 6.41. The van der Waals surface area contributed by atoms with Crippen molar-refractivity contribution in [3.8, 4) is 0 Å². The number of nitrogens with zero attached hydrogens (tertiary/aromatic N) is 1. The summed E-state index contributed by atoms with van der Waals surface area (Å²) < 4.78 is 26.2. The molecule has 2 rings (SSSR count). The second-order valence-corrected chi connectivity index (χ2v) is 5.13. The van der Waals surface area contributed by atoms with Crippen LogP contribution in [0.25, 0.3) is 0 Å². The monoisotopic (exact) mass is 269 g/mol. The molecule has 1 fully saturated rings. The van der Waals surface area contributed by atoms with Gasteiger partial charge in [0.25, 0.3) is 0 Å². The van der Waals surface area contributed by atoms with Crippen molar-refractivity contribution in [2.45, 2.75) is 25.8 Å². The van der Waals surface area contributed by atoms with Gasteiger partial charge in [0, 0.05) is 0 Å². The Kier molecular flexibility index (Phi) is 4.14. The quantitative estimate of drug-likeness (QED) is 0.917. The van der Waals surface area contributed by atoms with Gasteiger partial charge in [0.15, 0.2) is 11.6 Å². The number of carbonyl (C=O) groups is 1. The zero-order valence-corrected chi connectivity index (χ0v) is 10.8. The van der Waals surface area contributed by atoms with Gasteiger partial charge in [-0.2, -0.15) is 0 Å². The molecule has 1 unspecified atom stereocenters. The molecule has 0 aliphatic carbocycles. The molecule has 1 saturated heterocycles. The summed E-state index contributed by atoms with van der Waals surface area (Å²) >= 11 is 0. The first kappa shape index (κ1) is 13.9. The highest BCUT2D eigenvalue weighted by atomic mass is 19.2. The van der Waals surface area contributed by atoms with Gasteiger partial charge in [0.2, 0.25) is 0 Å². The first-order chi connectivity index (χ1) is 8.99. The first-order valence-corrected chi connectivity index (χ1v) is 6.41. The minimum Gasteiger partial charge on any atom is -0.480 e. The highest BCUT2D eigenvalue weighted by molar-refractivity contribution is 5.75. The average molecular weight is 269 g/mol. The van der Waals surface area contributed by atoms with E-state index in [0.717, 1.165) is 25.0 Å². The van der Waals surface area contributed by atoms with Crippen LogP contribution in [0.1, 0.15) is 31.4 Å². The molecule has 0 saturated carbocycles. The summed E-state index contributed by atoms with van der Waals surface area (Å²) in [7, 11) is 0. The Hall–Kier alpha value is -1.49. The van der Waals surface area contributed by atoms with Crippen molar-refractivity contribution < 1.29 is 18.7 Å². The van der Waals surface area contributed by atoms with E-state index in [4.69, 9.17) is 0 Å². The Morgan fingerprint density at radius 2 is 1.95 bits per heavy atom. The number of halogens is 2. The second-order valence-electron chi connectivity index (χ2n) is 5.13. The maximum atomic E-state index is 13.2. The smallest absolute Gasteiger partial charge is 0.325 e. The van der Waals surface area contributed by atoms with Crippen molar-refractivity contribution in [3.63, 3.8) is 0 Å². The van der Waals surface area contributed by atoms with Crippen LogP contribution < -0.4 is 0 Å². The Morgan fingerprint density at radius 3 is 2.47 bits per heavy atom. The molecule has 1 aliphatic heterocycles. The maximum absolute atomic E-state index is 13.2. The second kappa shape index (κ2) is 5.65. The van der Waals surface area contributed by atoms with Crippen LogP contribution in [-0.2, 0) is 4.79 Å². The fourth-order valence-corrected chi connectivity index (χ4v) is 2.48. The number of likely N-dealkylation sites (tertiary alicyclic amines) is 1. The predicted octanol–water partition coefficient (Wildman–Crippen LogP) is 2.82. The number of benzene rings is 1. The van der Waals surface area contributed by atoms with E-state index >= 15 is 0 Å². The van der Waals surface area contributed by atoms with Gasteiger partial charge in [-0.1, -0.05) is 13.0 Å². The third-order valence-electron chi connectivity index (χ3n) is 3.68. The van der Waals surface area contributed by atoms with Crippen molar-refractivity contribution in [1.82, 2.24) is 4.90 Å². The van der Waals surface area contributed by atoms with Crippen LogP contribution in [0.15, 0.2) is 18.2 Å². The fourth-order valence-electron chi connectivity index (χ4n) is 2.48. The molecule has 5 heteroatoms. The highest BCUT2D eigenvalue weighted by Crippen LogP contribution is 2.27. The summed E-state index contributed by atoms with van der Waals surface area (Å²) in [5.41, 5.74) is 0.293. The third kappa shape index (κ3) is 3.10. The summed E-state index contributed by atoms with van der Waals surface area (Å²) in [5, 5.41) is 9.35. The lowest BCUT2D eigenvalue weighted by Gasteiger charge is -2.34. The van der Waals surface area contributed by atoms with Crippen molar-refractivity contribution >= 4 is 5.97 Å². The van der Waals surface area contributed by atoms with Crippen LogP contribution >= 0.6 is 0 Å². The van der Waals surface area contributed by atoms with Crippen LogP contribution in [0.2, 0.25) is 0 Å². The molecule has 3 nitrogen and oxygen atoms in total. The number of aliphatic carboxylic acids is 1. The van der Waals surface area contributed by atoms with Crippen LogP contribution in [0, 0.1) is 17.6 Å². The van der Waals surface area contributed by atoms with Gasteiger partial charge in [-0.05, 0) is 49.5 Å². The van der Waals surface area contributed by atoms with Gasteiger partial charge in [-0.3, -0.25) is 9.69 Å². The summed E-state index contributed by atoms with van der Waals surface area (Å²) in [6.07, 6.45) is 1.85. The van der Waals surface area contributed by atoms with Gasteiger partial charge in [0.1, 0.15) is 6.04 Å². The highest BCUT2D eigenvalue weighted by Gasteiger charge is 2.30. The van der Waals surface area contributed by atoms with Crippen LogP contribution in [-0.4, -0.2) is 29.1 Å². The Bertz CT molecular complexity index is 471. The van der Waals surface area contributed by atoms with Gasteiger partial charge in [-0.25, -0.2) is 8.78 Å². The Morgan fingerprint density at radius 1 is 1.32 bits per heavy atom. The SMILES string of the molecule is CC1CCN(C(C(=O)O)c2ccc(F)c(F)c2)CC1. The maximum Gasteiger partial charge on any atom is 0.325 e. The van der Waals surface area contributed by atoms with Gasteiger partial charge in [-0.15, -0.1) is 0 Å². The number of piperidine rings is 1. The van der Waals surface area contributed by atoms with Crippen LogP contribution in [0.4, 0.5) is 8.78 Å². The molecule has 0 bridgehead atoms. The Labute approximate surface area is 110 Å². The van der Waals surface area contributed by atoms with E-state index in [9.17, 15) is 18.7 Å². The molecule has 1 aliphatic rings. The molecule has 1 atom stereocenters. The van der Waals surface area contributed by atoms with E-state index in [0.29, 0.717) is 24.6 Å². The van der Waals surface area contributed by atoms with E-state index in [2.05, 4.69) is 6.92 Å². The zero-order valence-electron chi connectivity index (χ0n) is 10.8. The average Bonchev–Trinajstić information content (AvgIpc) is 2.36. The van der Waals surface area contributed by atoms with E-state index in [1.54, 1.807) is 0 Å². The molecule has 0 aromatic heterocycles. The normalized spacial score (nSPS) is 19.3. The molecular formula is C14H17F2NO2. The minimum absolute atomic E-state index is 0.293. The van der Waals surface area contributed by atoms with Crippen LogP contribution in [0.3, 0.4) is 0 Å². The summed E-state index contributed by atoms with van der Waals surface area (Å²) in [6.45, 7) is 3.46. The predicted molar refractivity (Wildman–Crippen MR) is 66.7 cm³/mol. The van der Waals surface area contributed by atoms with E-state index in [-0.39, 0.29) is 0 Å². The molecule has 0 radical (unpaired) electrons. The van der Waals surface area contributed by atoms with Crippen molar-refractivity contribution in [2.24, 2.45) is 5.92 Å². The van der Waals surface area contributed by atoms with Gasteiger partial charge in [0.05, 0.1) is 0 Å². The minimum atomic E-state index is -1.03. The number of hydrogen-bond acceptors (Lipinski definition) is 2.